The Bertz CT molecular complexity index is 672. The predicted octanol–water partition coefficient (Wildman–Crippen LogP) is 1.11. The molecule has 0 unspecified atom stereocenters. The lowest BCUT2D eigenvalue weighted by atomic mass is 9.97. The Hall–Kier alpha value is -2.72. The topological polar surface area (TPSA) is 98.7 Å². The van der Waals surface area contributed by atoms with Crippen LogP contribution in [-0.2, 0) is 19.1 Å². The number of methoxy groups -OCH3 is 1. The Labute approximate surface area is 139 Å². The van der Waals surface area contributed by atoms with Crippen LogP contribution in [0.2, 0.25) is 0 Å². The molecule has 2 heterocycles. The van der Waals surface area contributed by atoms with Gasteiger partial charge in [-0.05, 0) is 18.9 Å². The minimum atomic E-state index is -5.21. The number of carbonyl (C=O) groups excluding carboxylic acids is 3. The normalized spacial score (nSPS) is 15.6. The van der Waals surface area contributed by atoms with Crippen LogP contribution in [-0.4, -0.2) is 54.3 Å². The maximum atomic E-state index is 12.1. The number of aromatic nitrogens is 2. The second-order valence-corrected chi connectivity index (χ2v) is 5.20. The summed E-state index contributed by atoms with van der Waals surface area (Å²) < 4.78 is 44.7. The SMILES string of the molecule is COC(=O)c1ccnc(N2CCC(C(=O)OC(=O)C(F)(F)F)CC2)n1. The highest BCUT2D eigenvalue weighted by atomic mass is 19.4. The summed E-state index contributed by atoms with van der Waals surface area (Å²) in [6.45, 7) is 0.509. The van der Waals surface area contributed by atoms with Crippen molar-refractivity contribution in [2.45, 2.75) is 19.0 Å². The zero-order valence-corrected chi connectivity index (χ0v) is 13.1. The quantitative estimate of drug-likeness (QED) is 0.583. The smallest absolute Gasteiger partial charge is 0.464 e. The molecule has 0 bridgehead atoms. The maximum absolute atomic E-state index is 12.1. The largest absolute Gasteiger partial charge is 0.491 e. The van der Waals surface area contributed by atoms with Crippen molar-refractivity contribution in [3.05, 3.63) is 18.0 Å². The summed E-state index contributed by atoms with van der Waals surface area (Å²) >= 11 is 0. The Kier molecular flexibility index (Phi) is 5.55. The van der Waals surface area contributed by atoms with Gasteiger partial charge in [0.05, 0.1) is 13.0 Å². The van der Waals surface area contributed by atoms with Gasteiger partial charge in [0, 0.05) is 19.3 Å². The molecule has 1 saturated heterocycles. The third-order valence-corrected chi connectivity index (χ3v) is 3.57. The van der Waals surface area contributed by atoms with Crippen LogP contribution < -0.4 is 4.90 Å². The van der Waals surface area contributed by atoms with Crippen molar-refractivity contribution >= 4 is 23.9 Å². The molecule has 11 heteroatoms. The van der Waals surface area contributed by atoms with Gasteiger partial charge >= 0.3 is 24.1 Å². The fourth-order valence-electron chi connectivity index (χ4n) is 2.27. The molecular formula is C14H14F3N3O5. The number of rotatable bonds is 3. The van der Waals surface area contributed by atoms with E-state index in [1.807, 2.05) is 0 Å². The van der Waals surface area contributed by atoms with Crippen molar-refractivity contribution in [2.75, 3.05) is 25.1 Å². The van der Waals surface area contributed by atoms with E-state index in [9.17, 15) is 27.6 Å². The summed E-state index contributed by atoms with van der Waals surface area (Å²) in [6.07, 6.45) is -3.51. The van der Waals surface area contributed by atoms with Crippen molar-refractivity contribution in [1.29, 1.82) is 0 Å². The number of hydrogen-bond donors (Lipinski definition) is 0. The fraction of sp³-hybridized carbons (Fsp3) is 0.500. The summed E-state index contributed by atoms with van der Waals surface area (Å²) in [5.41, 5.74) is 0.0600. The van der Waals surface area contributed by atoms with Gasteiger partial charge in [0.15, 0.2) is 5.69 Å². The number of halogens is 3. The van der Waals surface area contributed by atoms with Gasteiger partial charge in [-0.25, -0.2) is 19.6 Å². The molecule has 2 rings (SSSR count). The minimum absolute atomic E-state index is 0.0600. The fourth-order valence-corrected chi connectivity index (χ4v) is 2.27. The molecule has 0 amide bonds. The first-order valence-corrected chi connectivity index (χ1v) is 7.21. The second kappa shape index (κ2) is 7.45. The van der Waals surface area contributed by atoms with Gasteiger partial charge in [-0.2, -0.15) is 13.2 Å². The summed E-state index contributed by atoms with van der Waals surface area (Å²) in [4.78, 5) is 43.5. The van der Waals surface area contributed by atoms with E-state index < -0.39 is 30.0 Å². The molecule has 0 saturated carbocycles. The Balaban J connectivity index is 1.94. The number of ether oxygens (including phenoxy) is 2. The highest BCUT2D eigenvalue weighted by Gasteiger charge is 2.43. The first-order chi connectivity index (χ1) is 11.7. The van der Waals surface area contributed by atoms with Crippen molar-refractivity contribution in [2.24, 2.45) is 5.92 Å². The van der Waals surface area contributed by atoms with Crippen LogP contribution in [0.4, 0.5) is 19.1 Å². The van der Waals surface area contributed by atoms with E-state index >= 15 is 0 Å². The number of carbonyl (C=O) groups is 3. The summed E-state index contributed by atoms with van der Waals surface area (Å²) in [7, 11) is 1.21. The van der Waals surface area contributed by atoms with E-state index in [2.05, 4.69) is 19.4 Å². The number of esters is 3. The lowest BCUT2D eigenvalue weighted by Crippen LogP contribution is -2.39. The van der Waals surface area contributed by atoms with Crippen molar-refractivity contribution in [3.8, 4) is 0 Å². The van der Waals surface area contributed by atoms with Crippen LogP contribution in [0.5, 0.6) is 0 Å². The zero-order chi connectivity index (χ0) is 18.6. The summed E-state index contributed by atoms with van der Waals surface area (Å²) in [5.74, 6) is -4.94. The van der Waals surface area contributed by atoms with Crippen LogP contribution in [0.15, 0.2) is 12.3 Å². The molecule has 0 aliphatic carbocycles. The van der Waals surface area contributed by atoms with Gasteiger partial charge in [-0.15, -0.1) is 0 Å². The van der Waals surface area contributed by atoms with Gasteiger partial charge in [0.1, 0.15) is 0 Å². The molecule has 0 N–H and O–H groups in total. The van der Waals surface area contributed by atoms with Crippen LogP contribution in [0.1, 0.15) is 23.3 Å². The van der Waals surface area contributed by atoms with E-state index in [0.717, 1.165) is 0 Å². The van der Waals surface area contributed by atoms with E-state index in [-0.39, 0.29) is 37.6 Å². The number of alkyl halides is 3. The van der Waals surface area contributed by atoms with E-state index in [1.54, 1.807) is 4.90 Å². The van der Waals surface area contributed by atoms with Crippen LogP contribution in [0.25, 0.3) is 0 Å². The highest BCUT2D eigenvalue weighted by Crippen LogP contribution is 2.24. The van der Waals surface area contributed by atoms with E-state index in [0.29, 0.717) is 0 Å². The van der Waals surface area contributed by atoms with Gasteiger partial charge in [0.2, 0.25) is 5.95 Å². The molecule has 25 heavy (non-hydrogen) atoms. The number of anilines is 1. The molecule has 0 atom stereocenters. The van der Waals surface area contributed by atoms with Gasteiger partial charge < -0.3 is 14.4 Å². The molecule has 1 aliphatic rings. The van der Waals surface area contributed by atoms with Crippen LogP contribution in [0, 0.1) is 5.92 Å². The standard InChI is InChI=1S/C14H14F3N3O5/c1-24-11(22)9-2-5-18-13(19-9)20-6-3-8(4-7-20)10(21)25-12(23)14(15,16)17/h2,5,8H,3-4,6-7H2,1H3. The average Bonchev–Trinajstić information content (AvgIpc) is 2.60. The summed E-state index contributed by atoms with van der Waals surface area (Å²) in [6, 6.07) is 1.38. The molecule has 8 nitrogen and oxygen atoms in total. The lowest BCUT2D eigenvalue weighted by molar-refractivity contribution is -0.203. The molecule has 1 aliphatic heterocycles. The second-order valence-electron chi connectivity index (χ2n) is 5.20. The van der Waals surface area contributed by atoms with Crippen molar-refractivity contribution < 1.29 is 37.0 Å². The molecule has 0 spiro atoms. The predicted molar refractivity (Wildman–Crippen MR) is 75.5 cm³/mol. The average molecular weight is 361 g/mol. The van der Waals surface area contributed by atoms with E-state index in [1.165, 1.54) is 19.4 Å². The molecule has 0 radical (unpaired) electrons. The van der Waals surface area contributed by atoms with Gasteiger partial charge in [-0.1, -0.05) is 0 Å². The Morgan fingerprint density at radius 2 is 1.88 bits per heavy atom. The Morgan fingerprint density at radius 1 is 1.24 bits per heavy atom. The number of hydrogen-bond acceptors (Lipinski definition) is 8. The molecule has 0 aromatic carbocycles. The summed E-state index contributed by atoms with van der Waals surface area (Å²) in [5, 5.41) is 0. The third-order valence-electron chi connectivity index (χ3n) is 3.57. The molecule has 1 aromatic rings. The van der Waals surface area contributed by atoms with Gasteiger partial charge in [-0.3, -0.25) is 4.79 Å². The van der Waals surface area contributed by atoms with Gasteiger partial charge in [0.25, 0.3) is 0 Å². The lowest BCUT2D eigenvalue weighted by Gasteiger charge is -2.30. The Morgan fingerprint density at radius 3 is 2.44 bits per heavy atom. The molecule has 1 aromatic heterocycles. The molecule has 136 valence electrons. The maximum Gasteiger partial charge on any atom is 0.491 e. The monoisotopic (exact) mass is 361 g/mol. The first kappa shape index (κ1) is 18.6. The molecular weight excluding hydrogens is 347 g/mol. The third kappa shape index (κ3) is 4.64. The van der Waals surface area contributed by atoms with E-state index in [4.69, 9.17) is 0 Å². The number of nitrogens with zero attached hydrogens (tertiary/aromatic N) is 3. The highest BCUT2D eigenvalue weighted by molar-refractivity contribution is 5.89. The van der Waals surface area contributed by atoms with Crippen LogP contribution in [0.3, 0.4) is 0 Å². The molecule has 1 fully saturated rings. The zero-order valence-electron chi connectivity index (χ0n) is 13.1. The van der Waals surface area contributed by atoms with Crippen molar-refractivity contribution in [1.82, 2.24) is 9.97 Å². The minimum Gasteiger partial charge on any atom is -0.464 e. The number of piperidine rings is 1. The van der Waals surface area contributed by atoms with Crippen molar-refractivity contribution in [3.63, 3.8) is 0 Å². The first-order valence-electron chi connectivity index (χ1n) is 7.21. The van der Waals surface area contributed by atoms with Crippen LogP contribution >= 0.6 is 0 Å².